The normalized spacial score (nSPS) is 10.8. The predicted octanol–water partition coefficient (Wildman–Crippen LogP) is 4.57. The first kappa shape index (κ1) is 16.5. The third kappa shape index (κ3) is 4.11. The molecule has 0 atom stereocenters. The van der Waals surface area contributed by atoms with Gasteiger partial charge in [0.2, 0.25) is 5.91 Å². The number of rotatable bonds is 6. The first-order valence-corrected chi connectivity index (χ1v) is 8.84. The highest BCUT2D eigenvalue weighted by Crippen LogP contribution is 2.27. The van der Waals surface area contributed by atoms with Gasteiger partial charge in [-0.2, -0.15) is 0 Å². The van der Waals surface area contributed by atoms with Crippen LogP contribution in [0.25, 0.3) is 10.2 Å². The predicted molar refractivity (Wildman–Crippen MR) is 98.9 cm³/mol. The molecule has 124 valence electrons. The summed E-state index contributed by atoms with van der Waals surface area (Å²) >= 11 is 1.50. The highest BCUT2D eigenvalue weighted by molar-refractivity contribution is 7.22. The third-order valence-electron chi connectivity index (χ3n) is 3.73. The Labute approximate surface area is 145 Å². The summed E-state index contributed by atoms with van der Waals surface area (Å²) in [5.74, 6) is 0.692. The average molecular weight is 340 g/mol. The summed E-state index contributed by atoms with van der Waals surface area (Å²) in [6.07, 6.45) is 1.29. The fourth-order valence-electron chi connectivity index (χ4n) is 2.32. The lowest BCUT2D eigenvalue weighted by molar-refractivity contribution is -0.116. The van der Waals surface area contributed by atoms with E-state index in [0.29, 0.717) is 18.2 Å². The Morgan fingerprint density at radius 3 is 2.75 bits per heavy atom. The summed E-state index contributed by atoms with van der Waals surface area (Å²) in [5, 5.41) is 3.49. The van der Waals surface area contributed by atoms with Gasteiger partial charge in [-0.15, -0.1) is 0 Å². The second-order valence-corrected chi connectivity index (χ2v) is 6.66. The highest BCUT2D eigenvalue weighted by atomic mass is 32.1. The van der Waals surface area contributed by atoms with E-state index in [-0.39, 0.29) is 5.91 Å². The van der Waals surface area contributed by atoms with Crippen molar-refractivity contribution in [2.45, 2.75) is 26.7 Å². The van der Waals surface area contributed by atoms with Crippen molar-refractivity contribution in [1.82, 2.24) is 4.98 Å². The minimum Gasteiger partial charge on any atom is -0.493 e. The number of carbonyl (C=O) groups is 1. The van der Waals surface area contributed by atoms with E-state index in [1.807, 2.05) is 37.3 Å². The zero-order valence-corrected chi connectivity index (χ0v) is 14.7. The fraction of sp³-hybridized carbons (Fsp3) is 0.263. The summed E-state index contributed by atoms with van der Waals surface area (Å²) in [5.41, 5.74) is 3.38. The van der Waals surface area contributed by atoms with Crippen LogP contribution in [0.1, 0.15) is 24.5 Å². The molecular weight excluding hydrogens is 320 g/mol. The van der Waals surface area contributed by atoms with Crippen molar-refractivity contribution in [3.8, 4) is 5.75 Å². The van der Waals surface area contributed by atoms with Crippen LogP contribution in [0.2, 0.25) is 0 Å². The molecule has 0 aliphatic carbocycles. The Kier molecular flexibility index (Phi) is 5.11. The Bertz CT molecular complexity index is 840. The fourth-order valence-corrected chi connectivity index (χ4v) is 3.27. The van der Waals surface area contributed by atoms with Crippen LogP contribution in [-0.4, -0.2) is 17.5 Å². The maximum Gasteiger partial charge on any atom is 0.229 e. The van der Waals surface area contributed by atoms with Gasteiger partial charge in [-0.3, -0.25) is 4.79 Å². The molecule has 0 unspecified atom stereocenters. The van der Waals surface area contributed by atoms with E-state index in [1.165, 1.54) is 22.5 Å². The number of aryl methyl sites for hydroxylation is 2. The molecule has 0 saturated heterocycles. The number of nitrogens with zero attached hydrogens (tertiary/aromatic N) is 1. The van der Waals surface area contributed by atoms with Gasteiger partial charge in [0.05, 0.1) is 23.2 Å². The summed E-state index contributed by atoms with van der Waals surface area (Å²) in [6, 6.07) is 14.0. The zero-order valence-electron chi connectivity index (χ0n) is 13.8. The molecule has 3 aromatic rings. The van der Waals surface area contributed by atoms with Gasteiger partial charge in [-0.1, -0.05) is 42.0 Å². The van der Waals surface area contributed by atoms with Crippen LogP contribution in [-0.2, 0) is 11.2 Å². The SMILES string of the molecule is CCc1ccc2nc(NC(=O)CCOc3ccc(C)cc3)sc2c1. The van der Waals surface area contributed by atoms with E-state index in [9.17, 15) is 4.79 Å². The van der Waals surface area contributed by atoms with Crippen molar-refractivity contribution in [2.75, 3.05) is 11.9 Å². The molecular formula is C19H20N2O2S. The third-order valence-corrected chi connectivity index (χ3v) is 4.66. The number of thiazole rings is 1. The average Bonchev–Trinajstić information content (AvgIpc) is 2.97. The van der Waals surface area contributed by atoms with Gasteiger partial charge in [0.15, 0.2) is 5.13 Å². The number of hydrogen-bond acceptors (Lipinski definition) is 4. The molecule has 0 spiro atoms. The number of amides is 1. The Balaban J connectivity index is 1.53. The number of anilines is 1. The van der Waals surface area contributed by atoms with Crippen LogP contribution in [0.3, 0.4) is 0 Å². The quantitative estimate of drug-likeness (QED) is 0.715. The molecule has 0 saturated carbocycles. The van der Waals surface area contributed by atoms with Gasteiger partial charge < -0.3 is 10.1 Å². The molecule has 0 fully saturated rings. The van der Waals surface area contributed by atoms with Gasteiger partial charge in [0, 0.05) is 0 Å². The molecule has 1 heterocycles. The topological polar surface area (TPSA) is 51.2 Å². The van der Waals surface area contributed by atoms with Gasteiger partial charge in [0.25, 0.3) is 0 Å². The molecule has 2 aromatic carbocycles. The monoisotopic (exact) mass is 340 g/mol. The summed E-state index contributed by atoms with van der Waals surface area (Å²) in [7, 11) is 0. The number of benzene rings is 2. The number of fused-ring (bicyclic) bond motifs is 1. The van der Waals surface area contributed by atoms with Crippen LogP contribution < -0.4 is 10.1 Å². The van der Waals surface area contributed by atoms with Crippen molar-refractivity contribution in [3.63, 3.8) is 0 Å². The van der Waals surface area contributed by atoms with Crippen LogP contribution in [0, 0.1) is 6.92 Å². The molecule has 24 heavy (non-hydrogen) atoms. The second-order valence-electron chi connectivity index (χ2n) is 5.63. The highest BCUT2D eigenvalue weighted by Gasteiger charge is 2.08. The van der Waals surface area contributed by atoms with Crippen molar-refractivity contribution < 1.29 is 9.53 Å². The van der Waals surface area contributed by atoms with E-state index in [4.69, 9.17) is 4.74 Å². The van der Waals surface area contributed by atoms with E-state index < -0.39 is 0 Å². The van der Waals surface area contributed by atoms with E-state index in [1.54, 1.807) is 0 Å². The molecule has 0 aliphatic heterocycles. The first-order chi connectivity index (χ1) is 11.6. The van der Waals surface area contributed by atoms with Crippen molar-refractivity contribution in [2.24, 2.45) is 0 Å². The molecule has 1 aromatic heterocycles. The van der Waals surface area contributed by atoms with E-state index >= 15 is 0 Å². The van der Waals surface area contributed by atoms with E-state index in [0.717, 1.165) is 22.4 Å². The minimum absolute atomic E-state index is 0.0862. The molecule has 1 N–H and O–H groups in total. The lowest BCUT2D eigenvalue weighted by Gasteiger charge is -2.06. The lowest BCUT2D eigenvalue weighted by atomic mass is 10.2. The summed E-state index contributed by atoms with van der Waals surface area (Å²) in [4.78, 5) is 16.5. The first-order valence-electron chi connectivity index (χ1n) is 8.03. The molecule has 0 bridgehead atoms. The van der Waals surface area contributed by atoms with Gasteiger partial charge in [-0.25, -0.2) is 4.98 Å². The minimum atomic E-state index is -0.0862. The van der Waals surface area contributed by atoms with Crippen LogP contribution >= 0.6 is 11.3 Å². The Morgan fingerprint density at radius 1 is 1.21 bits per heavy atom. The molecule has 0 aliphatic rings. The maximum absolute atomic E-state index is 12.0. The van der Waals surface area contributed by atoms with Crippen molar-refractivity contribution >= 4 is 32.6 Å². The Morgan fingerprint density at radius 2 is 2.00 bits per heavy atom. The van der Waals surface area contributed by atoms with Gasteiger partial charge >= 0.3 is 0 Å². The largest absolute Gasteiger partial charge is 0.493 e. The van der Waals surface area contributed by atoms with Gasteiger partial charge in [0.1, 0.15) is 5.75 Å². The van der Waals surface area contributed by atoms with E-state index in [2.05, 4.69) is 29.4 Å². The summed E-state index contributed by atoms with van der Waals surface area (Å²) in [6.45, 7) is 4.50. The second kappa shape index (κ2) is 7.45. The smallest absolute Gasteiger partial charge is 0.229 e. The van der Waals surface area contributed by atoms with Crippen LogP contribution in [0.5, 0.6) is 5.75 Å². The molecule has 5 heteroatoms. The molecule has 0 radical (unpaired) electrons. The molecule has 1 amide bonds. The Hall–Kier alpha value is -2.40. The molecule has 4 nitrogen and oxygen atoms in total. The summed E-state index contributed by atoms with van der Waals surface area (Å²) < 4.78 is 6.68. The van der Waals surface area contributed by atoms with Crippen molar-refractivity contribution in [1.29, 1.82) is 0 Å². The molecule has 3 rings (SSSR count). The van der Waals surface area contributed by atoms with Crippen LogP contribution in [0.4, 0.5) is 5.13 Å². The van der Waals surface area contributed by atoms with Crippen LogP contribution in [0.15, 0.2) is 42.5 Å². The zero-order chi connectivity index (χ0) is 16.9. The number of aromatic nitrogens is 1. The van der Waals surface area contributed by atoms with Crippen molar-refractivity contribution in [3.05, 3.63) is 53.6 Å². The number of hydrogen-bond donors (Lipinski definition) is 1. The number of ether oxygens (including phenoxy) is 1. The lowest BCUT2D eigenvalue weighted by Crippen LogP contribution is -2.15. The van der Waals surface area contributed by atoms with Gasteiger partial charge in [-0.05, 0) is 43.2 Å². The number of carbonyl (C=O) groups excluding carboxylic acids is 1. The standard InChI is InChI=1S/C19H20N2O2S/c1-3-14-6-9-16-17(12-14)24-19(20-16)21-18(22)10-11-23-15-7-4-13(2)5-8-15/h4-9,12H,3,10-11H2,1-2H3,(H,20,21,22). The maximum atomic E-state index is 12.0. The number of nitrogens with one attached hydrogen (secondary N) is 1.